The van der Waals surface area contributed by atoms with Crippen LogP contribution in [0, 0.1) is 10.8 Å². The lowest BCUT2D eigenvalue weighted by molar-refractivity contribution is -0.144. The Hall–Kier alpha value is -5.18. The average molecular weight is 1030 g/mol. The van der Waals surface area contributed by atoms with E-state index in [2.05, 4.69) is 42.5 Å². The van der Waals surface area contributed by atoms with Gasteiger partial charge in [0.05, 0.1) is 22.8 Å². The summed E-state index contributed by atoms with van der Waals surface area (Å²) in [5.41, 5.74) is -0.120. The number of carbonyl (C=O) groups is 8. The molecule has 8 N–H and O–H groups in total. The molecule has 5 aliphatic rings. The minimum absolute atomic E-state index is 0.268. The second-order valence-electron chi connectivity index (χ2n) is 21.3. The summed E-state index contributed by atoms with van der Waals surface area (Å²) in [4.78, 5) is 115. The van der Waals surface area contributed by atoms with E-state index < -0.39 is 82.8 Å². The summed E-state index contributed by atoms with van der Waals surface area (Å²) in [6, 6.07) is 10.9. The first-order chi connectivity index (χ1) is 34.2. The molecule has 0 unspecified atom stereocenters. The molecule has 20 heteroatoms. The number of nitrogens with zero attached hydrogens (tertiary/aromatic N) is 2. The zero-order chi connectivity index (χ0) is 52.1. The largest absolute Gasteiger partial charge is 0.351 e. The third-order valence-corrected chi connectivity index (χ3v) is 17.7. The van der Waals surface area contributed by atoms with Gasteiger partial charge in [-0.1, -0.05) is 88.4 Å². The monoisotopic (exact) mass is 1030 g/mol. The number of nitrogens with one attached hydrogen (secondary N) is 8. The van der Waals surface area contributed by atoms with Gasteiger partial charge in [0.15, 0.2) is 0 Å². The first-order valence-corrected chi connectivity index (χ1v) is 27.5. The Kier molecular flexibility index (Phi) is 17.7. The first-order valence-electron chi connectivity index (χ1n) is 25.4. The molecule has 1 aliphatic carbocycles. The highest BCUT2D eigenvalue weighted by Crippen LogP contribution is 2.48. The van der Waals surface area contributed by atoms with E-state index >= 15 is 0 Å². The summed E-state index contributed by atoms with van der Waals surface area (Å²) in [5, 5.41) is 23.5. The number of carbonyl (C=O) groups excluding carboxylic acids is 8. The molecule has 4 heterocycles. The highest BCUT2D eigenvalue weighted by Gasteiger charge is 2.56. The van der Waals surface area contributed by atoms with Crippen molar-refractivity contribution in [2.24, 2.45) is 10.8 Å². The molecular formula is C52H74N10O8S2. The van der Waals surface area contributed by atoms with Gasteiger partial charge in [-0.3, -0.25) is 38.4 Å². The number of benzene rings is 2. The van der Waals surface area contributed by atoms with Crippen molar-refractivity contribution >= 4 is 70.8 Å². The molecule has 0 radical (unpaired) electrons. The lowest BCUT2D eigenvalue weighted by atomic mass is 9.83. The van der Waals surface area contributed by atoms with Crippen LogP contribution in [0.4, 0.5) is 0 Å². The minimum Gasteiger partial charge on any atom is -0.351 e. The van der Waals surface area contributed by atoms with Crippen LogP contribution >= 0.6 is 23.5 Å². The van der Waals surface area contributed by atoms with E-state index in [4.69, 9.17) is 0 Å². The summed E-state index contributed by atoms with van der Waals surface area (Å²) < 4.78 is 0. The van der Waals surface area contributed by atoms with Crippen LogP contribution in [0.5, 0.6) is 0 Å². The quantitative estimate of drug-likeness (QED) is 0.121. The Morgan fingerprint density at radius 2 is 0.875 bits per heavy atom. The van der Waals surface area contributed by atoms with Gasteiger partial charge in [-0.05, 0) is 113 Å². The molecule has 2 aromatic rings. The highest BCUT2D eigenvalue weighted by atomic mass is 32.2. The summed E-state index contributed by atoms with van der Waals surface area (Å²) in [6.07, 6.45) is 4.11. The summed E-state index contributed by atoms with van der Waals surface area (Å²) in [6.45, 7) is 11.2. The van der Waals surface area contributed by atoms with Crippen molar-refractivity contribution in [3.8, 4) is 0 Å². The van der Waals surface area contributed by atoms with Gasteiger partial charge in [0.1, 0.15) is 36.3 Å². The van der Waals surface area contributed by atoms with Gasteiger partial charge in [0.2, 0.25) is 47.3 Å². The normalized spacial score (nSPS) is 28.3. The second kappa shape index (κ2) is 23.4. The van der Waals surface area contributed by atoms with E-state index in [1.165, 1.54) is 0 Å². The SMILES string of the molecule is CN[C@@H](C)C(=O)N[C@H]1CCS[C@H]2CC(C)(C)[C@@H](C(=O)N[C@H](C(=O)N[C@H]3CC[C@H](NC(=O)[C@H](NC(=O)[C@H]4N5C(=O)[C@@H](NC(=O)[C@H](C)NC)CCS[C@H]5CC4(C)C)c4ccccc4)CC3)c3ccccc3)N2C1=O. The minimum atomic E-state index is -1.07. The zero-order valence-electron chi connectivity index (χ0n) is 42.7. The van der Waals surface area contributed by atoms with E-state index in [9.17, 15) is 38.4 Å². The van der Waals surface area contributed by atoms with Gasteiger partial charge >= 0.3 is 0 Å². The maximum Gasteiger partial charge on any atom is 0.247 e. The van der Waals surface area contributed by atoms with Crippen LogP contribution in [0.25, 0.3) is 0 Å². The van der Waals surface area contributed by atoms with Gasteiger partial charge in [-0.2, -0.15) is 0 Å². The summed E-state index contributed by atoms with van der Waals surface area (Å²) >= 11 is 3.20. The molecule has 2 aromatic carbocycles. The summed E-state index contributed by atoms with van der Waals surface area (Å²) in [7, 11) is 3.35. The van der Waals surface area contributed by atoms with Crippen molar-refractivity contribution in [2.45, 2.75) is 164 Å². The van der Waals surface area contributed by atoms with Crippen LogP contribution in [0.15, 0.2) is 60.7 Å². The van der Waals surface area contributed by atoms with Crippen molar-refractivity contribution in [3.63, 3.8) is 0 Å². The van der Waals surface area contributed by atoms with Gasteiger partial charge in [0.25, 0.3) is 0 Å². The number of thioether (sulfide) groups is 2. The van der Waals surface area contributed by atoms with E-state index in [-0.39, 0.29) is 46.5 Å². The van der Waals surface area contributed by atoms with Crippen LogP contribution in [0.1, 0.15) is 116 Å². The second-order valence-corrected chi connectivity index (χ2v) is 23.9. The van der Waals surface area contributed by atoms with Crippen molar-refractivity contribution in [3.05, 3.63) is 71.8 Å². The van der Waals surface area contributed by atoms with Gasteiger partial charge < -0.3 is 52.3 Å². The maximum absolute atomic E-state index is 14.6. The Morgan fingerprint density at radius 1 is 0.528 bits per heavy atom. The molecule has 0 aromatic heterocycles. The molecule has 4 aliphatic heterocycles. The molecule has 5 fully saturated rings. The third kappa shape index (κ3) is 12.2. The van der Waals surface area contributed by atoms with Crippen molar-refractivity contribution < 1.29 is 38.4 Å². The third-order valence-electron chi connectivity index (χ3n) is 15.2. The van der Waals surface area contributed by atoms with Crippen LogP contribution in [0.2, 0.25) is 0 Å². The number of likely N-dealkylation sites (N-methyl/N-ethyl adjacent to an activating group) is 2. The Balaban J connectivity index is 1.00. The molecule has 10 atom stereocenters. The van der Waals surface area contributed by atoms with E-state index in [0.717, 1.165) is 0 Å². The van der Waals surface area contributed by atoms with Crippen molar-refractivity contribution in [2.75, 3.05) is 25.6 Å². The molecule has 72 heavy (non-hydrogen) atoms. The molecule has 18 nitrogen and oxygen atoms in total. The fourth-order valence-electron chi connectivity index (χ4n) is 10.8. The van der Waals surface area contributed by atoms with Crippen LogP contribution in [-0.2, 0) is 38.4 Å². The fraction of sp³-hybridized carbons (Fsp3) is 0.615. The topological polar surface area (TPSA) is 239 Å². The number of hydrogen-bond donors (Lipinski definition) is 8. The summed E-state index contributed by atoms with van der Waals surface area (Å²) in [5.74, 6) is -1.69. The van der Waals surface area contributed by atoms with Gasteiger partial charge in [0, 0.05) is 12.1 Å². The van der Waals surface area contributed by atoms with E-state index in [0.29, 0.717) is 74.0 Å². The lowest BCUT2D eigenvalue weighted by Crippen LogP contribution is -2.59. The Morgan fingerprint density at radius 3 is 1.21 bits per heavy atom. The number of rotatable bonds is 16. The molecular weight excluding hydrogens is 957 g/mol. The van der Waals surface area contributed by atoms with Gasteiger partial charge in [-0.15, -0.1) is 23.5 Å². The zero-order valence-corrected chi connectivity index (χ0v) is 44.4. The molecule has 0 bridgehead atoms. The van der Waals surface area contributed by atoms with E-state index in [1.54, 1.807) is 110 Å². The number of hydrogen-bond acceptors (Lipinski definition) is 12. The fourth-order valence-corrected chi connectivity index (χ4v) is 14.0. The predicted octanol–water partition coefficient (Wildman–Crippen LogP) is 2.61. The standard InChI is InChI=1S/C52H74N10O8S2/c1-29(53-7)43(63)57-35-23-25-71-37-27-51(3,4)41(61(37)49(35)69)47(67)59-39(31-15-11-9-12-16-31)45(65)55-33-19-21-34(22-20-33)56-46(66)40(32-17-13-10-14-18-32)60-48(68)42-52(5,6)28-38-62(42)50(70)36(24-26-72-38)58-44(64)30(2)54-8/h9-18,29-30,33-42,53-54H,19-28H2,1-8H3,(H,55,65)(H,56,66)(H,57,63)(H,58,64)(H,59,67)(H,60,68)/t29-,30-,33-,34-,35-,36-,37-,38-,39-,40+,41+,42+/m0/s1. The van der Waals surface area contributed by atoms with Crippen LogP contribution in [-0.4, -0.2) is 142 Å². The average Bonchev–Trinajstić information content (AvgIpc) is 3.68. The van der Waals surface area contributed by atoms with E-state index in [1.807, 2.05) is 39.8 Å². The van der Waals surface area contributed by atoms with Crippen molar-refractivity contribution in [1.29, 1.82) is 0 Å². The lowest BCUT2D eigenvalue weighted by Gasteiger charge is -2.36. The van der Waals surface area contributed by atoms with Gasteiger partial charge in [-0.25, -0.2) is 0 Å². The number of fused-ring (bicyclic) bond motifs is 2. The smallest absolute Gasteiger partial charge is 0.247 e. The molecule has 1 saturated carbocycles. The maximum atomic E-state index is 14.6. The van der Waals surface area contributed by atoms with Crippen molar-refractivity contribution in [1.82, 2.24) is 52.3 Å². The molecule has 8 amide bonds. The molecule has 392 valence electrons. The molecule has 7 rings (SSSR count). The Labute approximate surface area is 432 Å². The molecule has 0 spiro atoms. The van der Waals surface area contributed by atoms with Crippen LogP contribution in [0.3, 0.4) is 0 Å². The van der Waals surface area contributed by atoms with Crippen LogP contribution < -0.4 is 42.5 Å². The molecule has 4 saturated heterocycles. The number of amides is 8. The Bertz CT molecular complexity index is 2160. The first kappa shape index (κ1) is 54.6. The highest BCUT2D eigenvalue weighted by molar-refractivity contribution is 8.00. The predicted molar refractivity (Wildman–Crippen MR) is 278 cm³/mol.